The van der Waals surface area contributed by atoms with E-state index < -0.39 is 0 Å². The van der Waals surface area contributed by atoms with Gasteiger partial charge in [-0.15, -0.1) is 0 Å². The van der Waals surface area contributed by atoms with Gasteiger partial charge in [-0.2, -0.15) is 4.98 Å². The Bertz CT molecular complexity index is 859. The van der Waals surface area contributed by atoms with Crippen molar-refractivity contribution in [2.75, 3.05) is 24.7 Å². The number of carbonyl (C=O) groups excluding carboxylic acids is 2. The predicted molar refractivity (Wildman–Crippen MR) is 93.1 cm³/mol. The fourth-order valence-electron chi connectivity index (χ4n) is 3.11. The molecular weight excluding hydrogens is 352 g/mol. The number of hydrogen-bond acceptors (Lipinski definition) is 7. The molecule has 27 heavy (non-hydrogen) atoms. The van der Waals surface area contributed by atoms with Crippen molar-refractivity contribution in [3.63, 3.8) is 0 Å². The predicted octanol–water partition coefficient (Wildman–Crippen LogP) is 1.27. The zero-order valence-corrected chi connectivity index (χ0v) is 14.9. The van der Waals surface area contributed by atoms with Crippen molar-refractivity contribution in [2.24, 2.45) is 0 Å². The normalized spacial score (nSPS) is 18.9. The van der Waals surface area contributed by atoms with E-state index in [0.29, 0.717) is 29.8 Å². The molecule has 0 bridgehead atoms. The lowest BCUT2D eigenvalue weighted by Crippen LogP contribution is -2.45. The molecule has 4 rings (SSSR count). The highest BCUT2D eigenvalue weighted by atomic mass is 16.5. The van der Waals surface area contributed by atoms with Crippen LogP contribution < -0.4 is 15.0 Å². The maximum Gasteiger partial charge on any atom is 0.265 e. The molecule has 2 amide bonds. The number of amides is 2. The smallest absolute Gasteiger partial charge is 0.265 e. The third kappa shape index (κ3) is 3.77. The summed E-state index contributed by atoms with van der Waals surface area (Å²) < 4.78 is 16.1. The van der Waals surface area contributed by atoms with Gasteiger partial charge in [-0.1, -0.05) is 11.2 Å². The lowest BCUT2D eigenvalue weighted by molar-refractivity contribution is -0.125. The SMILES string of the molecule is Cc1ccc2c(c1)N(CC(=O)NCc1noc(C3CCCO3)n1)C(=O)CO2. The van der Waals surface area contributed by atoms with E-state index in [0.717, 1.165) is 18.4 Å². The van der Waals surface area contributed by atoms with E-state index in [1.165, 1.54) is 4.90 Å². The van der Waals surface area contributed by atoms with Gasteiger partial charge in [0.15, 0.2) is 12.4 Å². The van der Waals surface area contributed by atoms with Crippen molar-refractivity contribution in [3.05, 3.63) is 35.5 Å². The second kappa shape index (κ2) is 7.36. The van der Waals surface area contributed by atoms with E-state index in [1.54, 1.807) is 6.07 Å². The van der Waals surface area contributed by atoms with Gasteiger partial charge in [0.1, 0.15) is 18.4 Å². The van der Waals surface area contributed by atoms with E-state index in [-0.39, 0.29) is 37.6 Å². The Labute approximate surface area is 155 Å². The molecule has 1 aromatic heterocycles. The Hall–Kier alpha value is -2.94. The summed E-state index contributed by atoms with van der Waals surface area (Å²) in [4.78, 5) is 30.2. The fourth-order valence-corrected chi connectivity index (χ4v) is 3.11. The van der Waals surface area contributed by atoms with Gasteiger partial charge in [0.2, 0.25) is 5.91 Å². The van der Waals surface area contributed by atoms with Crippen LogP contribution in [0.5, 0.6) is 5.75 Å². The second-order valence-corrected chi connectivity index (χ2v) is 6.57. The van der Waals surface area contributed by atoms with Crippen LogP contribution in [0.2, 0.25) is 0 Å². The molecule has 1 N–H and O–H groups in total. The topological polar surface area (TPSA) is 107 Å². The first kappa shape index (κ1) is 17.5. The standard InChI is InChI=1S/C18H20N4O5/c1-11-4-5-13-12(7-11)22(17(24)10-26-13)9-16(23)19-8-15-20-18(27-21-15)14-3-2-6-25-14/h4-5,7,14H,2-3,6,8-10H2,1H3,(H,19,23). The molecule has 2 aliphatic heterocycles. The summed E-state index contributed by atoms with van der Waals surface area (Å²) in [5, 5.41) is 6.58. The van der Waals surface area contributed by atoms with Gasteiger partial charge in [-0.25, -0.2) is 0 Å². The summed E-state index contributed by atoms with van der Waals surface area (Å²) in [6.45, 7) is 2.54. The largest absolute Gasteiger partial charge is 0.482 e. The van der Waals surface area contributed by atoms with Gasteiger partial charge in [0, 0.05) is 6.61 Å². The van der Waals surface area contributed by atoms with Crippen LogP contribution in [-0.2, 0) is 20.9 Å². The van der Waals surface area contributed by atoms with Crippen molar-refractivity contribution in [2.45, 2.75) is 32.4 Å². The molecule has 9 heteroatoms. The minimum Gasteiger partial charge on any atom is -0.482 e. The molecule has 9 nitrogen and oxygen atoms in total. The quantitative estimate of drug-likeness (QED) is 0.842. The number of benzene rings is 1. The molecule has 142 valence electrons. The van der Waals surface area contributed by atoms with Crippen LogP contribution in [0.3, 0.4) is 0 Å². The Morgan fingerprint density at radius 3 is 3.11 bits per heavy atom. The molecule has 2 aromatic rings. The van der Waals surface area contributed by atoms with Crippen molar-refractivity contribution < 1.29 is 23.6 Å². The molecule has 0 aliphatic carbocycles. The Morgan fingerprint density at radius 2 is 2.30 bits per heavy atom. The Balaban J connectivity index is 1.37. The third-order valence-electron chi connectivity index (χ3n) is 4.49. The van der Waals surface area contributed by atoms with Gasteiger partial charge in [0.25, 0.3) is 11.8 Å². The number of rotatable bonds is 5. The highest BCUT2D eigenvalue weighted by Crippen LogP contribution is 2.32. The van der Waals surface area contributed by atoms with Crippen LogP contribution in [0.1, 0.15) is 36.2 Å². The van der Waals surface area contributed by atoms with E-state index in [4.69, 9.17) is 14.0 Å². The average molecular weight is 372 g/mol. The number of aromatic nitrogens is 2. The monoisotopic (exact) mass is 372 g/mol. The zero-order valence-electron chi connectivity index (χ0n) is 14.9. The highest BCUT2D eigenvalue weighted by molar-refractivity contribution is 6.02. The van der Waals surface area contributed by atoms with E-state index in [1.807, 2.05) is 19.1 Å². The van der Waals surface area contributed by atoms with Crippen LogP contribution in [0.25, 0.3) is 0 Å². The van der Waals surface area contributed by atoms with Crippen LogP contribution in [0.4, 0.5) is 5.69 Å². The van der Waals surface area contributed by atoms with Crippen molar-refractivity contribution in [1.82, 2.24) is 15.5 Å². The molecule has 1 fully saturated rings. The summed E-state index contributed by atoms with van der Waals surface area (Å²) in [5.41, 5.74) is 1.58. The second-order valence-electron chi connectivity index (χ2n) is 6.57. The van der Waals surface area contributed by atoms with Gasteiger partial charge in [-0.05, 0) is 37.5 Å². The van der Waals surface area contributed by atoms with Gasteiger partial charge in [0.05, 0.1) is 12.2 Å². The molecule has 1 aromatic carbocycles. The van der Waals surface area contributed by atoms with Crippen molar-refractivity contribution in [3.8, 4) is 5.75 Å². The number of aryl methyl sites for hydroxylation is 1. The van der Waals surface area contributed by atoms with Gasteiger partial charge < -0.3 is 19.3 Å². The van der Waals surface area contributed by atoms with Crippen LogP contribution in [-0.4, -0.2) is 41.7 Å². The lowest BCUT2D eigenvalue weighted by atomic mass is 10.1. The first-order valence-electron chi connectivity index (χ1n) is 8.85. The first-order valence-corrected chi connectivity index (χ1v) is 8.85. The number of fused-ring (bicyclic) bond motifs is 1. The van der Waals surface area contributed by atoms with Crippen molar-refractivity contribution >= 4 is 17.5 Å². The molecule has 3 heterocycles. The van der Waals surface area contributed by atoms with Crippen molar-refractivity contribution in [1.29, 1.82) is 0 Å². The number of nitrogens with one attached hydrogen (secondary N) is 1. The fraction of sp³-hybridized carbons (Fsp3) is 0.444. The number of nitrogens with zero attached hydrogens (tertiary/aromatic N) is 3. The number of hydrogen-bond donors (Lipinski definition) is 1. The molecule has 0 radical (unpaired) electrons. The van der Waals surface area contributed by atoms with Gasteiger partial charge in [-0.3, -0.25) is 14.5 Å². The molecule has 2 aliphatic rings. The summed E-state index contributed by atoms with van der Waals surface area (Å²) in [6.07, 6.45) is 1.66. The van der Waals surface area contributed by atoms with E-state index in [2.05, 4.69) is 15.5 Å². The average Bonchev–Trinajstić information content (AvgIpc) is 3.34. The van der Waals surface area contributed by atoms with Crippen LogP contribution >= 0.6 is 0 Å². The van der Waals surface area contributed by atoms with E-state index in [9.17, 15) is 9.59 Å². The van der Waals surface area contributed by atoms with Crippen LogP contribution in [0.15, 0.2) is 22.7 Å². The number of anilines is 1. The highest BCUT2D eigenvalue weighted by Gasteiger charge is 2.28. The van der Waals surface area contributed by atoms with Crippen LogP contribution in [0, 0.1) is 6.92 Å². The lowest BCUT2D eigenvalue weighted by Gasteiger charge is -2.29. The zero-order chi connectivity index (χ0) is 18.8. The van der Waals surface area contributed by atoms with Gasteiger partial charge >= 0.3 is 0 Å². The summed E-state index contributed by atoms with van der Waals surface area (Å²) in [5.74, 6) is 0.819. The molecule has 1 atom stereocenters. The summed E-state index contributed by atoms with van der Waals surface area (Å²) >= 11 is 0. The summed E-state index contributed by atoms with van der Waals surface area (Å²) in [6, 6.07) is 5.52. The number of carbonyl (C=O) groups is 2. The Morgan fingerprint density at radius 1 is 1.41 bits per heavy atom. The molecule has 1 unspecified atom stereocenters. The molecule has 0 saturated carbocycles. The molecule has 1 saturated heterocycles. The first-order chi connectivity index (χ1) is 13.1. The Kier molecular flexibility index (Phi) is 4.76. The minimum absolute atomic E-state index is 0.0844. The maximum atomic E-state index is 12.3. The van der Waals surface area contributed by atoms with E-state index >= 15 is 0 Å². The number of ether oxygens (including phenoxy) is 2. The third-order valence-corrected chi connectivity index (χ3v) is 4.49. The summed E-state index contributed by atoms with van der Waals surface area (Å²) in [7, 11) is 0. The molecular formula is C18H20N4O5. The molecule has 0 spiro atoms. The minimum atomic E-state index is -0.318. The maximum absolute atomic E-state index is 12.3.